The van der Waals surface area contributed by atoms with Crippen LogP contribution in [-0.2, 0) is 0 Å². The molecule has 4 heteroatoms. The Morgan fingerprint density at radius 3 is 2.61 bits per heavy atom. The average molecular weight is 237 g/mol. The second-order valence-corrected chi connectivity index (χ2v) is 3.79. The van der Waals surface area contributed by atoms with Crippen LogP contribution in [0.4, 0.5) is 0 Å². The molecule has 0 aliphatic rings. The van der Waals surface area contributed by atoms with Gasteiger partial charge in [-0.3, -0.25) is 9.97 Å². The molecule has 0 amide bonds. The Kier molecular flexibility index (Phi) is 2.61. The van der Waals surface area contributed by atoms with Crippen molar-refractivity contribution >= 4 is 10.9 Å². The summed E-state index contributed by atoms with van der Waals surface area (Å²) in [6, 6.07) is 9.60. The van der Waals surface area contributed by atoms with Crippen LogP contribution in [0.25, 0.3) is 22.2 Å². The summed E-state index contributed by atoms with van der Waals surface area (Å²) in [7, 11) is 1.61. The van der Waals surface area contributed by atoms with E-state index >= 15 is 0 Å². The summed E-state index contributed by atoms with van der Waals surface area (Å²) in [5.74, 6) is 0.571. The Morgan fingerprint density at radius 1 is 0.889 bits per heavy atom. The third kappa shape index (κ3) is 1.68. The number of nitrogens with zero attached hydrogens (tertiary/aromatic N) is 3. The number of hydrogen-bond acceptors (Lipinski definition) is 4. The van der Waals surface area contributed by atoms with Crippen molar-refractivity contribution in [2.75, 3.05) is 7.11 Å². The van der Waals surface area contributed by atoms with Crippen molar-refractivity contribution in [3.05, 3.63) is 48.9 Å². The van der Waals surface area contributed by atoms with E-state index in [0.29, 0.717) is 5.88 Å². The maximum atomic E-state index is 5.28. The molecule has 0 spiro atoms. The lowest BCUT2D eigenvalue weighted by Gasteiger charge is -2.08. The van der Waals surface area contributed by atoms with Gasteiger partial charge in [-0.05, 0) is 30.3 Å². The SMILES string of the molecule is COc1ncccc1-c1nccc2ncccc12. The number of methoxy groups -OCH3 is 1. The molecule has 4 nitrogen and oxygen atoms in total. The van der Waals surface area contributed by atoms with E-state index in [1.165, 1.54) is 0 Å². The summed E-state index contributed by atoms with van der Waals surface area (Å²) in [6.45, 7) is 0. The molecule has 0 N–H and O–H groups in total. The molecule has 3 aromatic rings. The van der Waals surface area contributed by atoms with Crippen molar-refractivity contribution < 1.29 is 4.74 Å². The third-order valence-electron chi connectivity index (χ3n) is 2.75. The number of aromatic nitrogens is 3. The number of hydrogen-bond donors (Lipinski definition) is 0. The molecule has 0 saturated carbocycles. The molecule has 0 unspecified atom stereocenters. The van der Waals surface area contributed by atoms with Crippen LogP contribution < -0.4 is 4.74 Å². The summed E-state index contributed by atoms with van der Waals surface area (Å²) >= 11 is 0. The lowest BCUT2D eigenvalue weighted by Crippen LogP contribution is -1.93. The largest absolute Gasteiger partial charge is 0.481 e. The molecule has 0 atom stereocenters. The van der Waals surface area contributed by atoms with E-state index in [1.807, 2.05) is 30.3 Å². The lowest BCUT2D eigenvalue weighted by molar-refractivity contribution is 0.399. The second-order valence-electron chi connectivity index (χ2n) is 3.79. The zero-order chi connectivity index (χ0) is 12.4. The molecule has 0 aromatic carbocycles. The summed E-state index contributed by atoms with van der Waals surface area (Å²) in [6.07, 6.45) is 5.22. The van der Waals surface area contributed by atoms with Crippen molar-refractivity contribution in [1.82, 2.24) is 15.0 Å². The zero-order valence-electron chi connectivity index (χ0n) is 9.87. The van der Waals surface area contributed by atoms with Gasteiger partial charge in [0.25, 0.3) is 0 Å². The van der Waals surface area contributed by atoms with Crippen LogP contribution in [0.15, 0.2) is 48.9 Å². The third-order valence-corrected chi connectivity index (χ3v) is 2.75. The smallest absolute Gasteiger partial charge is 0.222 e. The predicted octanol–water partition coefficient (Wildman–Crippen LogP) is 2.70. The van der Waals surface area contributed by atoms with Gasteiger partial charge >= 0.3 is 0 Å². The number of fused-ring (bicyclic) bond motifs is 1. The molecule has 3 heterocycles. The van der Waals surface area contributed by atoms with Gasteiger partial charge in [0.15, 0.2) is 0 Å². The Morgan fingerprint density at radius 2 is 1.72 bits per heavy atom. The quantitative estimate of drug-likeness (QED) is 0.687. The van der Waals surface area contributed by atoms with Gasteiger partial charge in [0.05, 0.1) is 23.9 Å². The predicted molar refractivity (Wildman–Crippen MR) is 69.3 cm³/mol. The number of rotatable bonds is 2. The van der Waals surface area contributed by atoms with Crippen LogP contribution >= 0.6 is 0 Å². The first-order valence-corrected chi connectivity index (χ1v) is 5.59. The molecule has 0 aliphatic carbocycles. The summed E-state index contributed by atoms with van der Waals surface area (Å²) in [4.78, 5) is 12.9. The molecule has 0 radical (unpaired) electrons. The molecule has 0 saturated heterocycles. The van der Waals surface area contributed by atoms with Gasteiger partial charge in [-0.25, -0.2) is 4.98 Å². The van der Waals surface area contributed by atoms with Crippen molar-refractivity contribution in [3.63, 3.8) is 0 Å². The Labute approximate surface area is 104 Å². The van der Waals surface area contributed by atoms with E-state index in [1.54, 1.807) is 25.7 Å². The maximum Gasteiger partial charge on any atom is 0.222 e. The van der Waals surface area contributed by atoms with Gasteiger partial charge in [0.2, 0.25) is 5.88 Å². The molecular formula is C14H11N3O. The highest BCUT2D eigenvalue weighted by atomic mass is 16.5. The maximum absolute atomic E-state index is 5.28. The van der Waals surface area contributed by atoms with Gasteiger partial charge in [-0.1, -0.05) is 0 Å². The van der Waals surface area contributed by atoms with Crippen LogP contribution in [0.1, 0.15) is 0 Å². The Bertz CT molecular complexity index is 692. The van der Waals surface area contributed by atoms with Crippen LogP contribution in [0, 0.1) is 0 Å². The van der Waals surface area contributed by atoms with E-state index in [2.05, 4.69) is 15.0 Å². The Hall–Kier alpha value is -2.49. The first-order chi connectivity index (χ1) is 8.90. The molecule has 3 aromatic heterocycles. The van der Waals surface area contributed by atoms with Crippen LogP contribution in [-0.4, -0.2) is 22.1 Å². The molecule has 88 valence electrons. The lowest BCUT2D eigenvalue weighted by atomic mass is 10.1. The molecule has 18 heavy (non-hydrogen) atoms. The van der Waals surface area contributed by atoms with Gasteiger partial charge in [-0.2, -0.15) is 0 Å². The van der Waals surface area contributed by atoms with Crippen molar-refractivity contribution in [1.29, 1.82) is 0 Å². The van der Waals surface area contributed by atoms with Crippen molar-refractivity contribution in [3.8, 4) is 17.1 Å². The van der Waals surface area contributed by atoms with Crippen molar-refractivity contribution in [2.45, 2.75) is 0 Å². The van der Waals surface area contributed by atoms with E-state index < -0.39 is 0 Å². The minimum Gasteiger partial charge on any atom is -0.481 e. The van der Waals surface area contributed by atoms with E-state index in [0.717, 1.165) is 22.2 Å². The molecule has 0 aliphatic heterocycles. The van der Waals surface area contributed by atoms with Crippen LogP contribution in [0.5, 0.6) is 5.88 Å². The summed E-state index contributed by atoms with van der Waals surface area (Å²) < 4.78 is 5.28. The zero-order valence-corrected chi connectivity index (χ0v) is 9.87. The fourth-order valence-electron chi connectivity index (χ4n) is 1.95. The fraction of sp³-hybridized carbons (Fsp3) is 0.0714. The number of ether oxygens (including phenoxy) is 1. The highest BCUT2D eigenvalue weighted by molar-refractivity contribution is 5.93. The fourth-order valence-corrected chi connectivity index (χ4v) is 1.95. The standard InChI is InChI=1S/C14H11N3O/c1-18-14-11(5-3-8-17-14)13-10-4-2-7-15-12(10)6-9-16-13/h2-9H,1H3. The van der Waals surface area contributed by atoms with Gasteiger partial charge in [0.1, 0.15) is 0 Å². The van der Waals surface area contributed by atoms with Crippen LogP contribution in [0.2, 0.25) is 0 Å². The first-order valence-electron chi connectivity index (χ1n) is 5.59. The highest BCUT2D eigenvalue weighted by Gasteiger charge is 2.11. The van der Waals surface area contributed by atoms with Gasteiger partial charge in [-0.15, -0.1) is 0 Å². The Balaban J connectivity index is 2.32. The monoisotopic (exact) mass is 237 g/mol. The average Bonchev–Trinajstić information content (AvgIpc) is 2.46. The highest BCUT2D eigenvalue weighted by Crippen LogP contribution is 2.30. The van der Waals surface area contributed by atoms with Crippen molar-refractivity contribution in [2.24, 2.45) is 0 Å². The molecule has 3 rings (SSSR count). The number of pyridine rings is 3. The van der Waals surface area contributed by atoms with Gasteiger partial charge < -0.3 is 4.74 Å². The van der Waals surface area contributed by atoms with Crippen LogP contribution in [0.3, 0.4) is 0 Å². The summed E-state index contributed by atoms with van der Waals surface area (Å²) in [5.41, 5.74) is 2.62. The normalized spacial score (nSPS) is 10.5. The summed E-state index contributed by atoms with van der Waals surface area (Å²) in [5, 5.41) is 0.992. The minimum absolute atomic E-state index is 0.571. The molecule has 0 bridgehead atoms. The second kappa shape index (κ2) is 4.41. The van der Waals surface area contributed by atoms with E-state index in [4.69, 9.17) is 4.74 Å². The molecule has 0 fully saturated rings. The molecular weight excluding hydrogens is 226 g/mol. The van der Waals surface area contributed by atoms with Gasteiger partial charge in [0, 0.05) is 24.0 Å². The van der Waals surface area contributed by atoms with E-state index in [9.17, 15) is 0 Å². The topological polar surface area (TPSA) is 47.9 Å². The van der Waals surface area contributed by atoms with E-state index in [-0.39, 0.29) is 0 Å². The first kappa shape index (κ1) is 10.7. The minimum atomic E-state index is 0.571.